The van der Waals surface area contributed by atoms with E-state index in [1.807, 2.05) is 0 Å². The summed E-state index contributed by atoms with van der Waals surface area (Å²) in [5, 5.41) is 0. The van der Waals surface area contributed by atoms with Crippen molar-refractivity contribution in [1.29, 1.82) is 0 Å². The van der Waals surface area contributed by atoms with E-state index in [9.17, 15) is 0 Å². The van der Waals surface area contributed by atoms with E-state index in [4.69, 9.17) is 59.7 Å². The van der Waals surface area contributed by atoms with Crippen LogP contribution in [0.3, 0.4) is 0 Å². The fourth-order valence-corrected chi connectivity index (χ4v) is 1.34. The van der Waals surface area contributed by atoms with Crippen molar-refractivity contribution in [3.63, 3.8) is 0 Å². The molecule has 0 atom stereocenters. The van der Waals surface area contributed by atoms with Crippen molar-refractivity contribution in [2.24, 2.45) is 3.63 Å². The Morgan fingerprint density at radius 2 is 0.583 bits per heavy atom. The van der Waals surface area contributed by atoms with E-state index in [1.54, 1.807) is 0 Å². The van der Waals surface area contributed by atoms with Crippen LogP contribution in [0.1, 0.15) is 0 Å². The first-order chi connectivity index (χ1) is 16.9. The Kier molecular flexibility index (Phi) is 118. The van der Waals surface area contributed by atoms with Gasteiger partial charge in [0.05, 0.1) is 0 Å². The van der Waals surface area contributed by atoms with Crippen LogP contribution in [-0.4, -0.2) is 50.9 Å². The van der Waals surface area contributed by atoms with Gasteiger partial charge in [-0.1, -0.05) is 0 Å². The first-order valence-corrected chi connectivity index (χ1v) is 17.2. The van der Waals surface area contributed by atoms with Crippen LogP contribution in [-0.2, 0) is 106 Å². The number of hydrogen-bond acceptors (Lipinski definition) is 7. The monoisotopic (exact) mass is 701 g/mol. The van der Waals surface area contributed by atoms with Crippen molar-refractivity contribution in [1.82, 2.24) is 0 Å². The molecule has 0 amide bonds. The summed E-state index contributed by atoms with van der Waals surface area (Å²) in [5.41, 5.74) is 0. The Bertz CT molecular complexity index is 538. The van der Waals surface area contributed by atoms with Crippen LogP contribution >= 0.6 is 12.4 Å². The number of rotatable bonds is 7. The third-order valence-corrected chi connectivity index (χ3v) is 10.7. The second-order valence-corrected chi connectivity index (χ2v) is 17.2. The van der Waals surface area contributed by atoms with E-state index in [0.29, 0.717) is 0 Å². The molecule has 0 heterocycles. The van der Waals surface area contributed by atoms with E-state index in [2.05, 4.69) is 116 Å². The molecule has 0 radical (unpaired) electrons. The Morgan fingerprint density at radius 1 is 0.500 bits per heavy atom. The van der Waals surface area contributed by atoms with Crippen LogP contribution in [0, 0.1) is 46.6 Å². The summed E-state index contributed by atoms with van der Waals surface area (Å²) in [6.07, 6.45) is -4.20. The summed E-state index contributed by atoms with van der Waals surface area (Å²) in [4.78, 5) is 0. The Morgan fingerprint density at radius 3 is 0.583 bits per heavy atom. The van der Waals surface area contributed by atoms with Gasteiger partial charge in [0.1, 0.15) is 0 Å². The maximum absolute atomic E-state index is 7.50. The van der Waals surface area contributed by atoms with Gasteiger partial charge in [-0.15, -0.1) is 0 Å². The molecule has 0 rings (SSSR count). The van der Waals surface area contributed by atoms with Gasteiger partial charge in [0.25, 0.3) is 0 Å². The van der Waals surface area contributed by atoms with Crippen molar-refractivity contribution in [2.45, 2.75) is 19.6 Å². The fraction of sp³-hybridized carbons (Fsp3) is 0.562. The standard InChI is InChI=1S/C3H9NSi.2C3H9O3P.7CO.3Fe.2H/c1-5(2,3)4;2*1-4-7(5-2)6-3;7*1-2;;;;;/h1-3H3;2*1-3H3;;;;;;;;;;;;. The van der Waals surface area contributed by atoms with Gasteiger partial charge in [-0.3, -0.25) is 0 Å². The Labute approximate surface area is 237 Å². The van der Waals surface area contributed by atoms with E-state index < -0.39 is 20.6 Å². The van der Waals surface area contributed by atoms with Gasteiger partial charge in [0.15, 0.2) is 0 Å². The van der Waals surface area contributed by atoms with Crippen LogP contribution in [0.15, 0.2) is 3.63 Å². The van der Waals surface area contributed by atoms with Crippen LogP contribution in [0.25, 0.3) is 0 Å². The maximum atomic E-state index is 7.50. The normalized spacial score (nSPS) is 7.61. The topological polar surface area (TPSA) is 207 Å². The molecule has 0 spiro atoms. The second-order valence-electron chi connectivity index (χ2n) is 4.21. The Hall–Kier alpha value is 0.375. The molecule has 0 aliphatic heterocycles. The minimum absolute atomic E-state index is 1.12. The molecule has 0 unspecified atom stereocenters. The van der Waals surface area contributed by atoms with E-state index in [-0.39, 0.29) is 0 Å². The summed E-state index contributed by atoms with van der Waals surface area (Å²) >= 11 is 9.70. The van der Waals surface area contributed by atoms with E-state index >= 15 is 0 Å². The molecule has 0 fully saturated rings. The molecule has 214 valence electrons. The predicted octanol–water partition coefficient (Wildman–Crippen LogP) is 3.05. The third kappa shape index (κ3) is 83.8. The molecule has 14 nitrogen and oxygen atoms in total. The van der Waals surface area contributed by atoms with E-state index in [1.165, 1.54) is 42.7 Å². The van der Waals surface area contributed by atoms with Crippen molar-refractivity contribution >= 4 is 20.6 Å². The molecular weight excluding hydrogens is 672 g/mol. The molecule has 0 aromatic carbocycles. The zero-order valence-corrected chi connectivity index (χ0v) is 27.0. The van der Waals surface area contributed by atoms with Crippen LogP contribution in [0.4, 0.5) is 0 Å². The molecule has 0 aromatic rings. The predicted molar refractivity (Wildman–Crippen MR) is 112 cm³/mol. The first kappa shape index (κ1) is 65.4. The molecule has 0 aromatic heterocycles. The summed E-state index contributed by atoms with van der Waals surface area (Å²) in [6, 6.07) is 0. The molecule has 36 heavy (non-hydrogen) atoms. The summed E-state index contributed by atoms with van der Waals surface area (Å²) in [6.45, 7) is 38.0. The van der Waals surface area contributed by atoms with Crippen LogP contribution < -0.4 is 0 Å². The third-order valence-electron chi connectivity index (χ3n) is 1.55. The van der Waals surface area contributed by atoms with Gasteiger partial charge in [-0.2, -0.15) is 0 Å². The van der Waals surface area contributed by atoms with Gasteiger partial charge in [0.2, 0.25) is 0 Å². The fourth-order valence-electron chi connectivity index (χ4n) is 0.447. The molecule has 0 bridgehead atoms. The summed E-state index contributed by atoms with van der Waals surface area (Å²) in [5.74, 6) is 0. The van der Waals surface area contributed by atoms with Gasteiger partial charge in [0, 0.05) is 0 Å². The van der Waals surface area contributed by atoms with Crippen LogP contribution in [0.5, 0.6) is 0 Å². The average molecular weight is 701 g/mol. The quantitative estimate of drug-likeness (QED) is 0.169. The Balaban J connectivity index is -0.0000000284. The van der Waals surface area contributed by atoms with Crippen molar-refractivity contribution < 1.29 is 106 Å². The molecular formula is C16H29Fe3NO13P2Si. The average Bonchev–Trinajstić information content (AvgIpc) is 2.99. The molecule has 0 aliphatic carbocycles. The van der Waals surface area contributed by atoms with Crippen molar-refractivity contribution in [3.05, 3.63) is 46.6 Å². The summed E-state index contributed by atoms with van der Waals surface area (Å²) < 4.78 is 85.3. The molecule has 20 heteroatoms. The van der Waals surface area contributed by atoms with Crippen LogP contribution in [0.2, 0.25) is 19.6 Å². The SMILES string of the molecule is CO[P](=[FeH])(OC)OC.CO[P](=[FeH])(OC)OC.C[Si](C)(C)[N]=[Fe].[C-]#[O+].[C-]#[O+].[C-]#[O+].[C-]#[O+].[C-]#[O+].[C-]#[O+].[C-]#[O+]. The zero-order chi connectivity index (χ0) is 32.4. The minimum atomic E-state index is -2.10. The first-order valence-electron chi connectivity index (χ1n) is 7.19. The van der Waals surface area contributed by atoms with E-state index in [0.717, 1.165) is 0 Å². The summed E-state index contributed by atoms with van der Waals surface area (Å²) in [7, 11) is 8.02. The number of hydrogen-bond donors (Lipinski definition) is 0. The molecule has 0 saturated carbocycles. The van der Waals surface area contributed by atoms with Gasteiger partial charge in [-0.25, -0.2) is 0 Å². The van der Waals surface area contributed by atoms with Crippen molar-refractivity contribution in [2.75, 3.05) is 42.7 Å². The number of nitrogens with zero attached hydrogens (tertiary/aromatic N) is 1. The van der Waals surface area contributed by atoms with Gasteiger partial charge in [-0.05, 0) is 0 Å². The van der Waals surface area contributed by atoms with Crippen molar-refractivity contribution in [3.8, 4) is 0 Å². The van der Waals surface area contributed by atoms with Gasteiger partial charge < -0.3 is 0 Å². The zero-order valence-electron chi connectivity index (χ0n) is 20.8. The molecule has 0 aliphatic rings. The van der Waals surface area contributed by atoms with Gasteiger partial charge >= 0.3 is 239 Å². The molecule has 0 N–H and O–H groups in total. The second kappa shape index (κ2) is 64.9. The molecule has 0 saturated heterocycles.